The van der Waals surface area contributed by atoms with Gasteiger partial charge in [-0.15, -0.1) is 24.0 Å². The predicted molar refractivity (Wildman–Crippen MR) is 113 cm³/mol. The molecule has 0 atom stereocenters. The zero-order valence-corrected chi connectivity index (χ0v) is 17.8. The molecule has 0 radical (unpaired) electrons. The summed E-state index contributed by atoms with van der Waals surface area (Å²) in [5.74, 6) is 0.988. The maximum absolute atomic E-state index is 9.66. The molecule has 2 N–H and O–H groups in total. The van der Waals surface area contributed by atoms with Gasteiger partial charge in [0.25, 0.3) is 0 Å². The lowest BCUT2D eigenvalue weighted by molar-refractivity contribution is 0.108. The second kappa shape index (κ2) is 10.2. The number of guanidine groups is 1. The van der Waals surface area contributed by atoms with Crippen LogP contribution in [-0.2, 0) is 6.42 Å². The molecule has 0 amide bonds. The number of aliphatic hydroxyl groups excluding tert-OH is 1. The molecule has 0 aromatic heterocycles. The summed E-state index contributed by atoms with van der Waals surface area (Å²) in [6, 6.07) is 4.51. The van der Waals surface area contributed by atoms with E-state index in [4.69, 9.17) is 4.99 Å². The van der Waals surface area contributed by atoms with Gasteiger partial charge in [-0.2, -0.15) is 0 Å². The minimum atomic E-state index is -0.146. The van der Waals surface area contributed by atoms with Crippen LogP contribution in [0.15, 0.2) is 17.1 Å². The van der Waals surface area contributed by atoms with Crippen molar-refractivity contribution in [2.75, 3.05) is 26.2 Å². The molecule has 0 aliphatic carbocycles. The molecule has 0 spiro atoms. The van der Waals surface area contributed by atoms with E-state index in [0.29, 0.717) is 0 Å². The van der Waals surface area contributed by atoms with Gasteiger partial charge in [-0.1, -0.05) is 17.7 Å². The Labute approximate surface area is 163 Å². The highest BCUT2D eigenvalue weighted by molar-refractivity contribution is 14.0. The number of piperidine rings is 1. The van der Waals surface area contributed by atoms with Gasteiger partial charge in [-0.25, -0.2) is 0 Å². The van der Waals surface area contributed by atoms with Crippen molar-refractivity contribution in [3.63, 3.8) is 0 Å². The second-order valence-corrected chi connectivity index (χ2v) is 6.58. The predicted octanol–water partition coefficient (Wildman–Crippen LogP) is 3.19. The molecule has 4 nitrogen and oxygen atoms in total. The molecule has 2 rings (SSSR count). The van der Waals surface area contributed by atoms with Crippen LogP contribution in [0.4, 0.5) is 0 Å². The molecule has 1 heterocycles. The molecule has 0 saturated carbocycles. The van der Waals surface area contributed by atoms with Gasteiger partial charge in [0.2, 0.25) is 0 Å². The summed E-state index contributed by atoms with van der Waals surface area (Å²) in [4.78, 5) is 7.08. The monoisotopic (exact) mass is 445 g/mol. The van der Waals surface area contributed by atoms with Crippen molar-refractivity contribution >= 4 is 29.9 Å². The van der Waals surface area contributed by atoms with Gasteiger partial charge >= 0.3 is 0 Å². The minimum absolute atomic E-state index is 0. The normalized spacial score (nSPS) is 16.0. The molecule has 1 aromatic carbocycles. The smallest absolute Gasteiger partial charge is 0.193 e. The number of benzene rings is 1. The van der Waals surface area contributed by atoms with Crippen LogP contribution in [0.1, 0.15) is 42.0 Å². The van der Waals surface area contributed by atoms with E-state index >= 15 is 0 Å². The van der Waals surface area contributed by atoms with E-state index in [2.05, 4.69) is 50.0 Å². The fourth-order valence-electron chi connectivity index (χ4n) is 3.38. The van der Waals surface area contributed by atoms with Crippen molar-refractivity contribution < 1.29 is 5.11 Å². The number of aryl methyl sites for hydroxylation is 3. The average Bonchev–Trinajstić information content (AvgIpc) is 2.49. The molecular weight excluding hydrogens is 413 g/mol. The van der Waals surface area contributed by atoms with Crippen LogP contribution in [0, 0.1) is 20.8 Å². The van der Waals surface area contributed by atoms with E-state index in [1.807, 2.05) is 0 Å². The number of aliphatic imine (C=N–C) groups is 1. The van der Waals surface area contributed by atoms with Crippen LogP contribution in [-0.4, -0.2) is 48.2 Å². The van der Waals surface area contributed by atoms with Gasteiger partial charge < -0.3 is 15.3 Å². The highest BCUT2D eigenvalue weighted by atomic mass is 127. The van der Waals surface area contributed by atoms with Gasteiger partial charge in [0.1, 0.15) is 0 Å². The minimum Gasteiger partial charge on any atom is -0.393 e. The Morgan fingerprint density at radius 2 is 1.79 bits per heavy atom. The van der Waals surface area contributed by atoms with Gasteiger partial charge in [0.15, 0.2) is 5.96 Å². The van der Waals surface area contributed by atoms with Crippen molar-refractivity contribution in [2.24, 2.45) is 4.99 Å². The fraction of sp³-hybridized carbons (Fsp3) is 0.632. The van der Waals surface area contributed by atoms with Crippen LogP contribution in [0.3, 0.4) is 0 Å². The quantitative estimate of drug-likeness (QED) is 0.425. The summed E-state index contributed by atoms with van der Waals surface area (Å²) < 4.78 is 0. The first-order chi connectivity index (χ1) is 11.0. The number of nitrogens with zero attached hydrogens (tertiary/aromatic N) is 2. The molecule has 1 aliphatic rings. The first-order valence-electron chi connectivity index (χ1n) is 8.79. The molecular formula is C19H32IN3O. The van der Waals surface area contributed by atoms with Crippen molar-refractivity contribution in [2.45, 2.75) is 53.1 Å². The van der Waals surface area contributed by atoms with Crippen LogP contribution in [0.25, 0.3) is 0 Å². The number of aliphatic hydroxyl groups is 1. The van der Waals surface area contributed by atoms with Gasteiger partial charge in [-0.05, 0) is 63.6 Å². The first kappa shape index (κ1) is 21.2. The lowest BCUT2D eigenvalue weighted by Crippen LogP contribution is -2.46. The fourth-order valence-corrected chi connectivity index (χ4v) is 3.38. The molecule has 1 aliphatic heterocycles. The van der Waals surface area contributed by atoms with Crippen molar-refractivity contribution in [3.8, 4) is 0 Å². The number of likely N-dealkylation sites (tertiary alicyclic amines) is 1. The van der Waals surface area contributed by atoms with E-state index in [1.165, 1.54) is 22.3 Å². The van der Waals surface area contributed by atoms with E-state index < -0.39 is 0 Å². The van der Waals surface area contributed by atoms with Crippen LogP contribution in [0.5, 0.6) is 0 Å². The van der Waals surface area contributed by atoms with Crippen molar-refractivity contribution in [1.29, 1.82) is 0 Å². The van der Waals surface area contributed by atoms with E-state index in [1.54, 1.807) is 0 Å². The number of hydrogen-bond donors (Lipinski definition) is 2. The third kappa shape index (κ3) is 5.92. The first-order valence-corrected chi connectivity index (χ1v) is 8.79. The molecule has 1 saturated heterocycles. The summed E-state index contributed by atoms with van der Waals surface area (Å²) in [5, 5.41) is 13.0. The Morgan fingerprint density at radius 1 is 1.21 bits per heavy atom. The molecule has 0 bridgehead atoms. The standard InChI is InChI=1S/C19H31N3O.HI/c1-5-20-19(22-10-7-17(23)8-11-22)21-9-6-18-15(3)12-14(2)13-16(18)4;/h12-13,17,23H,5-11H2,1-4H3,(H,20,21);1H. The average molecular weight is 445 g/mol. The highest BCUT2D eigenvalue weighted by Crippen LogP contribution is 2.17. The third-order valence-electron chi connectivity index (χ3n) is 4.56. The van der Waals surface area contributed by atoms with E-state index in [0.717, 1.165) is 51.4 Å². The lowest BCUT2D eigenvalue weighted by atomic mass is 9.97. The van der Waals surface area contributed by atoms with E-state index in [9.17, 15) is 5.11 Å². The van der Waals surface area contributed by atoms with Gasteiger partial charge in [0.05, 0.1) is 6.10 Å². The Balaban J connectivity index is 0.00000288. The molecule has 136 valence electrons. The molecule has 0 unspecified atom stereocenters. The summed E-state index contributed by atoms with van der Waals surface area (Å²) in [6.45, 7) is 12.1. The Hall–Kier alpha value is -0.820. The number of halogens is 1. The maximum Gasteiger partial charge on any atom is 0.193 e. The SMILES string of the molecule is CCNC(=NCCc1c(C)cc(C)cc1C)N1CCC(O)CC1.I. The van der Waals surface area contributed by atoms with Crippen LogP contribution >= 0.6 is 24.0 Å². The second-order valence-electron chi connectivity index (χ2n) is 6.58. The zero-order valence-electron chi connectivity index (χ0n) is 15.4. The summed E-state index contributed by atoms with van der Waals surface area (Å²) >= 11 is 0. The summed E-state index contributed by atoms with van der Waals surface area (Å²) in [7, 11) is 0. The van der Waals surface area contributed by atoms with Gasteiger partial charge in [0, 0.05) is 26.2 Å². The Morgan fingerprint density at radius 3 is 2.33 bits per heavy atom. The molecule has 1 aromatic rings. The maximum atomic E-state index is 9.66. The number of rotatable bonds is 4. The summed E-state index contributed by atoms with van der Waals surface area (Å²) in [6.07, 6.45) is 2.50. The Kier molecular flexibility index (Phi) is 9.05. The Bertz CT molecular complexity index is 529. The van der Waals surface area contributed by atoms with Crippen molar-refractivity contribution in [3.05, 3.63) is 34.4 Å². The van der Waals surface area contributed by atoms with Crippen LogP contribution < -0.4 is 5.32 Å². The van der Waals surface area contributed by atoms with Crippen molar-refractivity contribution in [1.82, 2.24) is 10.2 Å². The van der Waals surface area contributed by atoms with Crippen LogP contribution in [0.2, 0.25) is 0 Å². The third-order valence-corrected chi connectivity index (χ3v) is 4.56. The van der Waals surface area contributed by atoms with Gasteiger partial charge in [-0.3, -0.25) is 4.99 Å². The highest BCUT2D eigenvalue weighted by Gasteiger charge is 2.19. The molecule has 24 heavy (non-hydrogen) atoms. The largest absolute Gasteiger partial charge is 0.393 e. The van der Waals surface area contributed by atoms with E-state index in [-0.39, 0.29) is 30.1 Å². The topological polar surface area (TPSA) is 47.9 Å². The molecule has 5 heteroatoms. The number of nitrogens with one attached hydrogen (secondary N) is 1. The lowest BCUT2D eigenvalue weighted by Gasteiger charge is -2.32. The zero-order chi connectivity index (χ0) is 16.8. The molecule has 1 fully saturated rings. The summed E-state index contributed by atoms with van der Waals surface area (Å²) in [5.41, 5.74) is 5.48. The number of hydrogen-bond acceptors (Lipinski definition) is 2.